The summed E-state index contributed by atoms with van der Waals surface area (Å²) in [5, 5.41) is 209. The summed E-state index contributed by atoms with van der Waals surface area (Å²) in [6, 6.07) is 42.9. The molecule has 0 aliphatic rings. The van der Waals surface area contributed by atoms with Crippen LogP contribution in [0.5, 0.6) is 0 Å². The molecule has 908 valence electrons. The van der Waals surface area contributed by atoms with Crippen molar-refractivity contribution in [2.24, 2.45) is 0 Å². The fraction of sp³-hybridized carbons (Fsp3) is 0.493. The van der Waals surface area contributed by atoms with E-state index in [9.17, 15) is 120 Å². The van der Waals surface area contributed by atoms with Crippen LogP contribution in [-0.4, -0.2) is 267 Å². The number of carbonyl (C=O) groups excluding carboxylic acids is 2. The third kappa shape index (κ3) is 211. The maximum absolute atomic E-state index is 10.7. The van der Waals surface area contributed by atoms with Crippen LogP contribution in [-0.2, 0) is 266 Å². The number of alkyl halides is 24. The van der Waals surface area contributed by atoms with Gasteiger partial charge in [-0.1, -0.05) is 209 Å². The van der Waals surface area contributed by atoms with Gasteiger partial charge in [0.25, 0.3) is 62.3 Å². The van der Waals surface area contributed by atoms with Crippen molar-refractivity contribution in [1.29, 1.82) is 0 Å². The summed E-state index contributed by atoms with van der Waals surface area (Å²) in [6.07, 6.45) is -70.1. The molecule has 0 atom stereocenters. The predicted octanol–water partition coefficient (Wildman–Crippen LogP) is 8.19. The molecule has 5 aromatic carbocycles. The molecule has 0 aliphatic carbocycles. The fourth-order valence-corrected chi connectivity index (χ4v) is 3.28. The molecule has 27 N–H and O–H groups in total. The number of halogens is 24. The van der Waals surface area contributed by atoms with Crippen molar-refractivity contribution in [1.82, 2.24) is 0 Å². The monoisotopic (exact) mass is 2820 g/mol. The minimum absolute atomic E-state index is 0. The van der Waals surface area contributed by atoms with Gasteiger partial charge in [-0.25, -0.2) is 4.79 Å². The van der Waals surface area contributed by atoms with Crippen molar-refractivity contribution >= 4 is 29.8 Å². The Bertz CT molecular complexity index is 2800. The molecule has 141 heavy (non-hydrogen) atoms. The first-order valence-corrected chi connectivity index (χ1v) is 33.6. The van der Waals surface area contributed by atoms with E-state index in [1.807, 2.05) is 93.5 Å². The Morgan fingerprint density at radius 3 is 0.326 bits per heavy atom. The van der Waals surface area contributed by atoms with Crippen molar-refractivity contribution in [2.45, 2.75) is 222 Å². The summed E-state index contributed by atoms with van der Waals surface area (Å²) >= 11 is 2.94. The van der Waals surface area contributed by atoms with Gasteiger partial charge in [0.05, 0.1) is 5.56 Å². The van der Waals surface area contributed by atoms with Gasteiger partial charge in [0, 0.05) is 272 Å². The Morgan fingerprint density at radius 1 is 0.213 bits per heavy atom. The maximum atomic E-state index is 10.7. The van der Waals surface area contributed by atoms with Gasteiger partial charge in [-0.3, -0.25) is 19.2 Å². The standard InChI is InChI=1S/4C7H8O2.C7H6O2.C4H6O3.8C2H3F3O2.2C2H4O2.5C2H6.14Cu.O/c5*8-7(9)6-4-2-1-3-5-6;1-3(5)7-4(2)6;8*3-2(4,5)1(6)7;2*1-2(3)4;5*1-2;;;;;;;;;;;;;;;/h4*1-5,7-9H;1-5H,(H,8,9);1-2H3;8*1,6-7H;2*1H3,(H,3,4);5*1-2H3;;;;;;;;;;;;;;;. The summed E-state index contributed by atoms with van der Waals surface area (Å²) in [6.45, 7) is 24.5. The van der Waals surface area contributed by atoms with Gasteiger partial charge in [-0.05, 0) is 12.1 Å². The van der Waals surface area contributed by atoms with Crippen LogP contribution in [0.4, 0.5) is 105 Å². The summed E-state index contributed by atoms with van der Waals surface area (Å²) in [5.74, 6) is -3.67. The zero-order valence-electron chi connectivity index (χ0n) is 72.6. The number of carboxylic acid groups (broad SMARTS) is 3. The molecule has 5 aromatic rings. The van der Waals surface area contributed by atoms with Crippen LogP contribution in [0.3, 0.4) is 0 Å². The van der Waals surface area contributed by atoms with Gasteiger partial charge in [-0.15, -0.1) is 0 Å². The first-order chi connectivity index (χ1) is 57.7. The van der Waals surface area contributed by atoms with E-state index < -0.39 is 155 Å². The van der Waals surface area contributed by atoms with Gasteiger partial charge in [0.2, 0.25) is 0 Å². The predicted molar refractivity (Wildman–Crippen MR) is 389 cm³/mol. The number of aromatic carboxylic acids is 1. The number of hydrogen-bond acceptors (Lipinski definition) is 31. The zero-order valence-corrected chi connectivity index (χ0v) is 85.8. The average Bonchev–Trinajstić information content (AvgIpc) is 0.935. The van der Waals surface area contributed by atoms with Crippen molar-refractivity contribution in [3.05, 3.63) is 179 Å². The Balaban J connectivity index is -0.0000000329. The molecule has 0 heterocycles. The van der Waals surface area contributed by atoms with E-state index in [1.54, 1.807) is 127 Å². The molecule has 0 aromatic heterocycles. The Kier molecular flexibility index (Phi) is 215. The minimum atomic E-state index is -4.89. The van der Waals surface area contributed by atoms with Crippen molar-refractivity contribution < 1.29 is 514 Å². The first-order valence-electron chi connectivity index (χ1n) is 33.2. The number of aliphatic hydroxyl groups is 24. The second-order valence-electron chi connectivity index (χ2n) is 18.3. The van der Waals surface area contributed by atoms with Crippen LogP contribution in [0.25, 0.3) is 0 Å². The number of carboxylic acids is 3. The number of benzene rings is 5. The molecule has 0 aliphatic heterocycles. The van der Waals surface area contributed by atoms with Gasteiger partial charge >= 0.3 is 87.1 Å². The quantitative estimate of drug-likeness (QED) is 0.0259. The molecule has 13 radical (unpaired) electrons. The third-order valence-electron chi connectivity index (χ3n) is 8.04. The SMILES string of the molecule is CC.CC.CC.CC.CC.CC(=O)O.CC(=O)O.CC(=O)OC(C)=O.O=C(O)c1ccccc1.OC(O)C(F)(F)F.OC(O)C(F)(F)F.OC(O)C(F)(F)F.OC(O)C(F)(F)F.OC(O)C(F)(F)F.OC(O)C(F)(F)F.OC(O)C(F)(F)F.OC(O)C(F)(F)F.OC(O)c1ccccc1.OC(O)c1ccccc1.OC(O)c1ccccc1.OC(O)c1ccccc1.[Cu].[Cu].[Cu].[Cu].[Cu].[Cu].[Cu].[Cu].[Cu].[Cu].[Cu].[Cu].[Cu].[O]=[Cu]. The summed E-state index contributed by atoms with van der Waals surface area (Å²) in [7, 11) is 0. The normalized spacial score (nSPS) is 9.25. The van der Waals surface area contributed by atoms with Gasteiger partial charge in [-0.2, -0.15) is 105 Å². The van der Waals surface area contributed by atoms with Crippen LogP contribution in [0.2, 0.25) is 0 Å². The Labute approximate surface area is 936 Å². The molecular formula is C69H106Cu14F24O34. The van der Waals surface area contributed by atoms with Crippen LogP contribution in [0, 0.1) is 0 Å². The molecule has 0 unspecified atom stereocenters. The molecular weight excluding hydrogens is 2720 g/mol. The number of hydrogen-bond donors (Lipinski definition) is 27. The van der Waals surface area contributed by atoms with E-state index >= 15 is 0 Å². The molecule has 5 rings (SSSR count). The third-order valence-corrected chi connectivity index (χ3v) is 8.04. The molecule has 0 spiro atoms. The van der Waals surface area contributed by atoms with Crippen molar-refractivity contribution in [3.63, 3.8) is 0 Å². The number of aliphatic hydroxyl groups excluding tert-OH is 12. The second kappa shape index (κ2) is 136. The van der Waals surface area contributed by atoms with Crippen LogP contribution in [0.1, 0.15) is 155 Å². The molecule has 0 bridgehead atoms. The molecule has 72 heteroatoms. The molecule has 0 saturated heterocycles. The van der Waals surface area contributed by atoms with E-state index in [2.05, 4.69) is 20.7 Å². The van der Waals surface area contributed by atoms with E-state index in [4.69, 9.17) is 151 Å². The van der Waals surface area contributed by atoms with E-state index in [1.165, 1.54) is 13.8 Å². The summed E-state index contributed by atoms with van der Waals surface area (Å²) in [5.41, 5.74) is 2.43. The van der Waals surface area contributed by atoms with Crippen molar-refractivity contribution in [2.75, 3.05) is 0 Å². The van der Waals surface area contributed by atoms with E-state index in [-0.39, 0.29) is 222 Å². The van der Waals surface area contributed by atoms with Gasteiger partial charge in [0.1, 0.15) is 0 Å². The molecule has 34 nitrogen and oxygen atoms in total. The average molecular weight is 2830 g/mol. The van der Waals surface area contributed by atoms with E-state index in [0.717, 1.165) is 13.8 Å². The number of ether oxygens (including phenoxy) is 1. The van der Waals surface area contributed by atoms with Gasteiger partial charge in [0.15, 0.2) is 25.2 Å². The summed E-state index contributed by atoms with van der Waals surface area (Å²) < 4.78 is 268. The Hall–Kier alpha value is -1.92. The topological polar surface area (TPSA) is 658 Å². The van der Waals surface area contributed by atoms with E-state index in [0.29, 0.717) is 27.8 Å². The Morgan fingerprint density at radius 2 is 0.291 bits per heavy atom. The molecule has 0 fully saturated rings. The first kappa shape index (κ1) is 223. The zero-order chi connectivity index (χ0) is 107. The van der Waals surface area contributed by atoms with Crippen LogP contribution < -0.4 is 0 Å². The van der Waals surface area contributed by atoms with Crippen LogP contribution in [0.15, 0.2) is 152 Å². The number of esters is 2. The van der Waals surface area contributed by atoms with Crippen LogP contribution >= 0.6 is 0 Å². The number of carbonyl (C=O) groups is 5. The fourth-order valence-electron chi connectivity index (χ4n) is 3.28. The number of rotatable bonds is 5. The number of aliphatic carboxylic acids is 2. The summed E-state index contributed by atoms with van der Waals surface area (Å²) in [4.78, 5) is 47.8. The molecule has 0 amide bonds. The molecule has 0 saturated carbocycles. The van der Waals surface area contributed by atoms with Crippen molar-refractivity contribution in [3.8, 4) is 0 Å². The van der Waals surface area contributed by atoms with Gasteiger partial charge < -0.3 is 143 Å². The second-order valence-corrected chi connectivity index (χ2v) is 18.3.